The maximum Gasteiger partial charge on any atom is 0.106 e. The summed E-state index contributed by atoms with van der Waals surface area (Å²) in [5.41, 5.74) is 14.1. The van der Waals surface area contributed by atoms with E-state index in [1.165, 1.54) is 0 Å². The maximum absolute atomic E-state index is 5.38. The molecule has 0 spiro atoms. The third kappa shape index (κ3) is 3.85. The average Bonchev–Trinajstić information content (AvgIpc) is 3.68. The van der Waals surface area contributed by atoms with Crippen LogP contribution in [0.1, 0.15) is 11.1 Å². The third-order valence-electron chi connectivity index (χ3n) is 9.27. The standard InChI is InChI=1S/C41H27N5/c1-24-25(2)34(41-35(27-16-8-4-9-17-27)38(44-46-45-41)28-18-10-5-11-19-28)37-36-32(43-40(37)33(24)26-14-6-3-7-15-26)23-22-30-29-20-12-13-21-31(29)42-39(30)36/h3-23H,1-2H3. The molecule has 6 aromatic carbocycles. The second kappa shape index (κ2) is 10.2. The van der Waals surface area contributed by atoms with Crippen LogP contribution in [0.15, 0.2) is 137 Å². The summed E-state index contributed by atoms with van der Waals surface area (Å²) in [5, 5.41) is 18.1. The van der Waals surface area contributed by atoms with Gasteiger partial charge in [-0.1, -0.05) is 109 Å². The van der Waals surface area contributed by atoms with Gasteiger partial charge < -0.3 is 0 Å². The number of hydrogen-bond donors (Lipinski definition) is 0. The molecular formula is C41H27N5. The van der Waals surface area contributed by atoms with E-state index in [1.807, 2.05) is 30.3 Å². The van der Waals surface area contributed by atoms with E-state index < -0.39 is 0 Å². The van der Waals surface area contributed by atoms with Crippen LogP contribution in [0.4, 0.5) is 11.4 Å². The van der Waals surface area contributed by atoms with E-state index in [4.69, 9.17) is 15.1 Å². The molecule has 0 aliphatic carbocycles. The first-order chi connectivity index (χ1) is 22.7. The average molecular weight is 590 g/mol. The fraction of sp³-hybridized carbons (Fsp3) is 0.0488. The van der Waals surface area contributed by atoms with Gasteiger partial charge in [0.1, 0.15) is 11.4 Å². The monoisotopic (exact) mass is 589 g/mol. The van der Waals surface area contributed by atoms with E-state index >= 15 is 0 Å². The summed E-state index contributed by atoms with van der Waals surface area (Å²) in [6.45, 7) is 4.39. The van der Waals surface area contributed by atoms with Crippen LogP contribution in [0, 0.1) is 24.3 Å². The highest BCUT2D eigenvalue weighted by Crippen LogP contribution is 2.54. The highest BCUT2D eigenvalue weighted by molar-refractivity contribution is 6.07. The van der Waals surface area contributed by atoms with E-state index in [2.05, 4.69) is 121 Å². The van der Waals surface area contributed by atoms with Gasteiger partial charge in [0.2, 0.25) is 0 Å². The third-order valence-corrected chi connectivity index (χ3v) is 9.27. The molecule has 3 heterocycles. The Morgan fingerprint density at radius 1 is 0.370 bits per heavy atom. The van der Waals surface area contributed by atoms with Gasteiger partial charge in [-0.25, -0.2) is 9.98 Å². The van der Waals surface area contributed by atoms with E-state index in [9.17, 15) is 0 Å². The van der Waals surface area contributed by atoms with E-state index in [1.54, 1.807) is 0 Å². The Bertz CT molecular complexity index is 2580. The number of nitrogens with zero attached hydrogens (tertiary/aromatic N) is 5. The lowest BCUT2D eigenvalue weighted by atomic mass is 9.82. The SMILES string of the molecule is Cc1c(C)c(-c2nnnc(-c3ccccc3)c2-c2ccccc2)c2c(c1-c1ccccc1)N=c1ccc3c(c1-2)N=c1ccccc1=3. The molecule has 5 heteroatoms. The molecule has 0 saturated heterocycles. The Labute approximate surface area is 265 Å². The molecule has 0 unspecified atom stereocenters. The molecule has 5 nitrogen and oxygen atoms in total. The van der Waals surface area contributed by atoms with Crippen LogP contribution in [0.25, 0.3) is 55.9 Å². The molecule has 46 heavy (non-hydrogen) atoms. The lowest BCUT2D eigenvalue weighted by Crippen LogP contribution is -2.05. The fourth-order valence-corrected chi connectivity index (χ4v) is 7.06. The van der Waals surface area contributed by atoms with Crippen molar-refractivity contribution in [1.82, 2.24) is 15.4 Å². The van der Waals surface area contributed by atoms with Crippen LogP contribution in [0.5, 0.6) is 0 Å². The molecular weight excluding hydrogens is 562 g/mol. The number of para-hydroxylation sites is 1. The van der Waals surface area contributed by atoms with Crippen molar-refractivity contribution in [3.05, 3.63) is 160 Å². The van der Waals surface area contributed by atoms with E-state index in [0.717, 1.165) is 99.5 Å². The molecule has 2 aliphatic heterocycles. The van der Waals surface area contributed by atoms with Gasteiger partial charge in [0.25, 0.3) is 0 Å². The highest BCUT2D eigenvalue weighted by Gasteiger charge is 2.32. The zero-order valence-corrected chi connectivity index (χ0v) is 25.4. The minimum atomic E-state index is 0.785. The zero-order valence-electron chi connectivity index (χ0n) is 25.4. The predicted molar refractivity (Wildman–Crippen MR) is 182 cm³/mol. The van der Waals surface area contributed by atoms with Gasteiger partial charge in [0, 0.05) is 43.8 Å². The summed E-state index contributed by atoms with van der Waals surface area (Å²) in [7, 11) is 0. The first-order valence-electron chi connectivity index (χ1n) is 15.5. The molecule has 7 aromatic rings. The molecule has 0 radical (unpaired) electrons. The quantitative estimate of drug-likeness (QED) is 0.206. The summed E-state index contributed by atoms with van der Waals surface area (Å²) >= 11 is 0. The number of hydrogen-bond acceptors (Lipinski definition) is 5. The van der Waals surface area contributed by atoms with Gasteiger partial charge >= 0.3 is 0 Å². The Morgan fingerprint density at radius 3 is 1.65 bits per heavy atom. The summed E-state index contributed by atoms with van der Waals surface area (Å²) in [6.07, 6.45) is 0. The van der Waals surface area contributed by atoms with Crippen molar-refractivity contribution < 1.29 is 0 Å². The smallest absolute Gasteiger partial charge is 0.106 e. The van der Waals surface area contributed by atoms with Crippen molar-refractivity contribution in [2.24, 2.45) is 9.98 Å². The van der Waals surface area contributed by atoms with Crippen molar-refractivity contribution in [3.8, 4) is 55.9 Å². The van der Waals surface area contributed by atoms with Crippen LogP contribution in [0.2, 0.25) is 0 Å². The normalized spacial score (nSPS) is 12.0. The first-order valence-corrected chi connectivity index (χ1v) is 15.5. The minimum Gasteiger partial charge on any atom is -0.247 e. The van der Waals surface area contributed by atoms with Gasteiger partial charge in [-0.3, -0.25) is 0 Å². The van der Waals surface area contributed by atoms with Crippen LogP contribution in [-0.4, -0.2) is 15.4 Å². The van der Waals surface area contributed by atoms with Gasteiger partial charge in [-0.05, 0) is 59.5 Å². The van der Waals surface area contributed by atoms with Crippen LogP contribution >= 0.6 is 0 Å². The number of benzene rings is 6. The predicted octanol–water partition coefficient (Wildman–Crippen LogP) is 8.64. The Kier molecular flexibility index (Phi) is 5.87. The molecule has 0 saturated carbocycles. The van der Waals surface area contributed by atoms with Gasteiger partial charge in [-0.15, -0.1) is 10.2 Å². The van der Waals surface area contributed by atoms with Crippen LogP contribution < -0.4 is 10.7 Å². The molecule has 9 rings (SSSR count). The molecule has 0 N–H and O–H groups in total. The van der Waals surface area contributed by atoms with Crippen molar-refractivity contribution in [1.29, 1.82) is 0 Å². The number of rotatable bonds is 4. The summed E-state index contributed by atoms with van der Waals surface area (Å²) < 4.78 is 0. The van der Waals surface area contributed by atoms with Crippen molar-refractivity contribution in [2.75, 3.05) is 0 Å². The second-order valence-electron chi connectivity index (χ2n) is 11.8. The second-order valence-corrected chi connectivity index (χ2v) is 11.8. The Balaban J connectivity index is 1.46. The van der Waals surface area contributed by atoms with Gasteiger partial charge in [0.15, 0.2) is 0 Å². The van der Waals surface area contributed by atoms with Gasteiger partial charge in [-0.2, -0.15) is 0 Å². The summed E-state index contributed by atoms with van der Waals surface area (Å²) in [5.74, 6) is 0. The van der Waals surface area contributed by atoms with Crippen molar-refractivity contribution in [2.45, 2.75) is 13.8 Å². The van der Waals surface area contributed by atoms with Gasteiger partial charge in [0.05, 0.1) is 22.1 Å². The lowest BCUT2D eigenvalue weighted by molar-refractivity contribution is 0.878. The molecule has 1 aromatic heterocycles. The number of aromatic nitrogens is 3. The molecule has 216 valence electrons. The summed E-state index contributed by atoms with van der Waals surface area (Å²) in [6, 6.07) is 43.9. The molecule has 0 amide bonds. The Hall–Kier alpha value is -6.07. The van der Waals surface area contributed by atoms with Crippen molar-refractivity contribution >= 4 is 11.4 Å². The molecule has 0 atom stereocenters. The first kappa shape index (κ1) is 26.3. The van der Waals surface area contributed by atoms with E-state index in [0.29, 0.717) is 0 Å². The van der Waals surface area contributed by atoms with E-state index in [-0.39, 0.29) is 0 Å². The van der Waals surface area contributed by atoms with Crippen molar-refractivity contribution in [3.63, 3.8) is 0 Å². The number of fused-ring (bicyclic) bond motifs is 6. The van der Waals surface area contributed by atoms with Crippen LogP contribution in [-0.2, 0) is 0 Å². The topological polar surface area (TPSA) is 63.4 Å². The Morgan fingerprint density at radius 2 is 0.935 bits per heavy atom. The zero-order chi connectivity index (χ0) is 30.8. The maximum atomic E-state index is 5.38. The fourth-order valence-electron chi connectivity index (χ4n) is 7.06. The minimum absolute atomic E-state index is 0.785. The molecule has 0 bridgehead atoms. The van der Waals surface area contributed by atoms with Crippen LogP contribution in [0.3, 0.4) is 0 Å². The lowest BCUT2D eigenvalue weighted by Gasteiger charge is -2.22. The molecule has 0 fully saturated rings. The highest BCUT2D eigenvalue weighted by atomic mass is 15.3. The largest absolute Gasteiger partial charge is 0.247 e. The molecule has 2 aliphatic rings. The summed E-state index contributed by atoms with van der Waals surface area (Å²) in [4.78, 5) is 10.6.